The Morgan fingerprint density at radius 2 is 1.82 bits per heavy atom. The Kier molecular flexibility index (Phi) is 7.98. The molecule has 0 N–H and O–H groups in total. The van der Waals surface area contributed by atoms with Crippen LogP contribution in [-0.4, -0.2) is 29.6 Å². The van der Waals surface area contributed by atoms with E-state index in [-0.39, 0.29) is 5.91 Å². The quantitative estimate of drug-likeness (QED) is 0.286. The molecule has 174 valence electrons. The number of ether oxygens (including phenoxy) is 2. The second-order valence-electron chi connectivity index (χ2n) is 7.35. The molecule has 3 aromatic rings. The van der Waals surface area contributed by atoms with Crippen LogP contribution in [0.5, 0.6) is 11.5 Å². The van der Waals surface area contributed by atoms with Gasteiger partial charge < -0.3 is 9.47 Å². The molecule has 1 fully saturated rings. The van der Waals surface area contributed by atoms with Crippen molar-refractivity contribution in [3.05, 3.63) is 92.3 Å². The van der Waals surface area contributed by atoms with E-state index < -0.39 is 0 Å². The SMILES string of the molecule is CCN1C(=O)/C(=C\c2cc(Br)ccc2OCc2ccc(Cl)cc2)SC1=Nc1ccc(OC)cc1. The molecule has 0 aliphatic carbocycles. The van der Waals surface area contributed by atoms with Crippen molar-refractivity contribution in [1.82, 2.24) is 4.90 Å². The summed E-state index contributed by atoms with van der Waals surface area (Å²) in [5, 5.41) is 1.32. The normalized spacial score (nSPS) is 15.9. The number of nitrogens with zero attached hydrogens (tertiary/aromatic N) is 2. The van der Waals surface area contributed by atoms with Crippen molar-refractivity contribution in [1.29, 1.82) is 0 Å². The molecular weight excluding hydrogens is 536 g/mol. The summed E-state index contributed by atoms with van der Waals surface area (Å²) in [6, 6.07) is 20.7. The number of amidine groups is 1. The summed E-state index contributed by atoms with van der Waals surface area (Å²) in [4.78, 5) is 20.1. The third kappa shape index (κ3) is 5.84. The van der Waals surface area contributed by atoms with Crippen LogP contribution in [0.4, 0.5) is 5.69 Å². The number of carbonyl (C=O) groups is 1. The lowest BCUT2D eigenvalue weighted by molar-refractivity contribution is -0.122. The molecule has 0 bridgehead atoms. The van der Waals surface area contributed by atoms with Gasteiger partial charge in [-0.3, -0.25) is 9.69 Å². The van der Waals surface area contributed by atoms with E-state index in [0.29, 0.717) is 34.0 Å². The molecule has 0 spiro atoms. The van der Waals surface area contributed by atoms with E-state index >= 15 is 0 Å². The predicted octanol–water partition coefficient (Wildman–Crippen LogP) is 7.31. The number of hydrogen-bond donors (Lipinski definition) is 0. The number of aliphatic imine (C=N–C) groups is 1. The first-order valence-electron chi connectivity index (χ1n) is 10.6. The number of amides is 1. The lowest BCUT2D eigenvalue weighted by atomic mass is 10.1. The smallest absolute Gasteiger partial charge is 0.266 e. The summed E-state index contributed by atoms with van der Waals surface area (Å²) < 4.78 is 12.2. The minimum atomic E-state index is -0.0802. The molecule has 0 unspecified atom stereocenters. The third-order valence-corrected chi connectivity index (χ3v) is 6.82. The van der Waals surface area contributed by atoms with Crippen LogP contribution < -0.4 is 9.47 Å². The lowest BCUT2D eigenvalue weighted by Crippen LogP contribution is -2.28. The summed E-state index contributed by atoms with van der Waals surface area (Å²) >= 11 is 10.8. The second-order valence-corrected chi connectivity index (χ2v) is 9.71. The molecule has 1 heterocycles. The number of carbonyl (C=O) groups excluding carboxylic acids is 1. The van der Waals surface area contributed by atoms with Crippen LogP contribution in [0.3, 0.4) is 0 Å². The molecule has 0 atom stereocenters. The van der Waals surface area contributed by atoms with Gasteiger partial charge in [0.1, 0.15) is 18.1 Å². The largest absolute Gasteiger partial charge is 0.497 e. The van der Waals surface area contributed by atoms with Gasteiger partial charge in [0.2, 0.25) is 0 Å². The van der Waals surface area contributed by atoms with Crippen molar-refractivity contribution in [3.8, 4) is 11.5 Å². The van der Waals surface area contributed by atoms with Crippen LogP contribution in [0.15, 0.2) is 81.1 Å². The maximum Gasteiger partial charge on any atom is 0.266 e. The number of halogens is 2. The third-order valence-electron chi connectivity index (χ3n) is 5.07. The lowest BCUT2D eigenvalue weighted by Gasteiger charge is -2.12. The Hall–Kier alpha value is -2.74. The Morgan fingerprint density at radius 3 is 2.50 bits per heavy atom. The van der Waals surface area contributed by atoms with Crippen LogP contribution >= 0.6 is 39.3 Å². The number of thioether (sulfide) groups is 1. The average Bonchev–Trinajstić information content (AvgIpc) is 3.13. The van der Waals surface area contributed by atoms with Gasteiger partial charge in [-0.1, -0.05) is 39.7 Å². The zero-order valence-corrected chi connectivity index (χ0v) is 21.8. The van der Waals surface area contributed by atoms with Crippen LogP contribution in [-0.2, 0) is 11.4 Å². The molecule has 3 aromatic carbocycles. The standard InChI is InChI=1S/C26H22BrClN2O3S/c1-3-30-25(31)24(34-26(30)29-21-9-11-22(32-2)12-10-21)15-18-14-19(27)6-13-23(18)33-16-17-4-7-20(28)8-5-17/h4-15H,3,16H2,1-2H3/b24-15+,29-26?. The van der Waals surface area contributed by atoms with Crippen molar-refractivity contribution in [2.24, 2.45) is 4.99 Å². The summed E-state index contributed by atoms with van der Waals surface area (Å²) in [6.07, 6.45) is 1.86. The van der Waals surface area contributed by atoms with Gasteiger partial charge in [-0.05, 0) is 84.9 Å². The van der Waals surface area contributed by atoms with Crippen molar-refractivity contribution in [2.45, 2.75) is 13.5 Å². The van der Waals surface area contributed by atoms with E-state index in [1.807, 2.05) is 79.7 Å². The fraction of sp³-hybridized carbons (Fsp3) is 0.154. The van der Waals surface area contributed by atoms with Gasteiger partial charge in [-0.25, -0.2) is 4.99 Å². The molecule has 1 saturated heterocycles. The number of benzene rings is 3. The zero-order chi connectivity index (χ0) is 24.1. The minimum absolute atomic E-state index is 0.0802. The van der Waals surface area contributed by atoms with Crippen molar-refractivity contribution >= 4 is 62.1 Å². The van der Waals surface area contributed by atoms with Crippen molar-refractivity contribution < 1.29 is 14.3 Å². The van der Waals surface area contributed by atoms with Gasteiger partial charge in [-0.2, -0.15) is 0 Å². The Balaban J connectivity index is 1.59. The molecule has 1 aliphatic rings. The Labute approximate surface area is 216 Å². The maximum atomic E-state index is 13.1. The van der Waals surface area contributed by atoms with Crippen LogP contribution in [0, 0.1) is 0 Å². The fourth-order valence-corrected chi connectivity index (χ4v) is 4.84. The highest BCUT2D eigenvalue weighted by Crippen LogP contribution is 2.36. The minimum Gasteiger partial charge on any atom is -0.497 e. The summed E-state index contributed by atoms with van der Waals surface area (Å²) in [5.74, 6) is 1.36. The molecule has 1 aliphatic heterocycles. The van der Waals surface area contributed by atoms with Gasteiger partial charge in [0.25, 0.3) is 5.91 Å². The molecule has 0 aromatic heterocycles. The second kappa shape index (κ2) is 11.1. The molecular formula is C26H22BrClN2O3S. The van der Waals surface area contributed by atoms with E-state index in [1.165, 1.54) is 11.8 Å². The van der Waals surface area contributed by atoms with Gasteiger partial charge >= 0.3 is 0 Å². The first-order valence-corrected chi connectivity index (χ1v) is 12.6. The van der Waals surface area contributed by atoms with Gasteiger partial charge in [0.05, 0.1) is 17.7 Å². The van der Waals surface area contributed by atoms with E-state index in [0.717, 1.165) is 27.0 Å². The van der Waals surface area contributed by atoms with E-state index in [4.69, 9.17) is 21.1 Å². The van der Waals surface area contributed by atoms with Crippen LogP contribution in [0.2, 0.25) is 5.02 Å². The van der Waals surface area contributed by atoms with Crippen molar-refractivity contribution in [2.75, 3.05) is 13.7 Å². The van der Waals surface area contributed by atoms with E-state index in [2.05, 4.69) is 20.9 Å². The van der Waals surface area contributed by atoms with Gasteiger partial charge in [0, 0.05) is 21.6 Å². The van der Waals surface area contributed by atoms with E-state index in [1.54, 1.807) is 12.0 Å². The summed E-state index contributed by atoms with van der Waals surface area (Å²) in [6.45, 7) is 2.85. The molecule has 8 heteroatoms. The predicted molar refractivity (Wildman–Crippen MR) is 143 cm³/mol. The fourth-order valence-electron chi connectivity index (χ4n) is 3.28. The highest BCUT2D eigenvalue weighted by atomic mass is 79.9. The molecule has 34 heavy (non-hydrogen) atoms. The number of likely N-dealkylation sites (N-methyl/N-ethyl adjacent to an activating group) is 1. The Bertz CT molecular complexity index is 1240. The number of methoxy groups -OCH3 is 1. The number of hydrogen-bond acceptors (Lipinski definition) is 5. The van der Waals surface area contributed by atoms with Crippen molar-refractivity contribution in [3.63, 3.8) is 0 Å². The zero-order valence-electron chi connectivity index (χ0n) is 18.6. The maximum absolute atomic E-state index is 13.1. The highest BCUT2D eigenvalue weighted by molar-refractivity contribution is 9.10. The molecule has 0 radical (unpaired) electrons. The van der Waals surface area contributed by atoms with Crippen LogP contribution in [0.1, 0.15) is 18.1 Å². The molecule has 1 amide bonds. The number of rotatable bonds is 7. The Morgan fingerprint density at radius 1 is 1.09 bits per heavy atom. The van der Waals surface area contributed by atoms with Crippen LogP contribution in [0.25, 0.3) is 6.08 Å². The van der Waals surface area contributed by atoms with E-state index in [9.17, 15) is 4.79 Å². The summed E-state index contributed by atoms with van der Waals surface area (Å²) in [5.41, 5.74) is 2.56. The highest BCUT2D eigenvalue weighted by Gasteiger charge is 2.32. The summed E-state index contributed by atoms with van der Waals surface area (Å²) in [7, 11) is 1.62. The molecule has 4 rings (SSSR count). The average molecular weight is 558 g/mol. The first-order chi connectivity index (χ1) is 16.5. The topological polar surface area (TPSA) is 51.1 Å². The molecule has 0 saturated carbocycles. The monoisotopic (exact) mass is 556 g/mol. The van der Waals surface area contributed by atoms with Gasteiger partial charge in [0.15, 0.2) is 5.17 Å². The first kappa shape index (κ1) is 24.4. The van der Waals surface area contributed by atoms with Gasteiger partial charge in [-0.15, -0.1) is 0 Å². The molecule has 5 nitrogen and oxygen atoms in total.